The summed E-state index contributed by atoms with van der Waals surface area (Å²) in [7, 11) is 6.17. The van der Waals surface area contributed by atoms with Crippen LogP contribution in [0, 0.1) is 0 Å². The van der Waals surface area contributed by atoms with Crippen LogP contribution in [0.25, 0.3) is 0 Å². The lowest BCUT2D eigenvalue weighted by Crippen LogP contribution is -2.35. The van der Waals surface area contributed by atoms with Gasteiger partial charge in [-0.3, -0.25) is 19.4 Å². The minimum atomic E-state index is -0.514. The highest BCUT2D eigenvalue weighted by Gasteiger charge is 2.32. The van der Waals surface area contributed by atoms with Gasteiger partial charge in [0.25, 0.3) is 11.8 Å². The monoisotopic (exact) mass is 590 g/mol. The highest BCUT2D eigenvalue weighted by atomic mass is 16.5. The Morgan fingerprint density at radius 3 is 2.44 bits per heavy atom. The summed E-state index contributed by atoms with van der Waals surface area (Å²) in [5, 5.41) is 5.55. The second-order valence-electron chi connectivity index (χ2n) is 10.4. The Kier molecular flexibility index (Phi) is 8.51. The molecule has 0 saturated carbocycles. The molecule has 3 amide bonds. The molecule has 1 fully saturated rings. The van der Waals surface area contributed by atoms with Crippen LogP contribution in [0.1, 0.15) is 57.0 Å². The van der Waals surface area contributed by atoms with Crippen molar-refractivity contribution in [2.75, 3.05) is 38.0 Å². The third-order valence-corrected chi connectivity index (χ3v) is 7.44. The van der Waals surface area contributed by atoms with E-state index in [-0.39, 0.29) is 30.9 Å². The van der Waals surface area contributed by atoms with Gasteiger partial charge in [0.15, 0.2) is 11.5 Å². The first-order chi connectivity index (χ1) is 20.7. The van der Waals surface area contributed by atoms with E-state index in [9.17, 15) is 19.2 Å². The van der Waals surface area contributed by atoms with Crippen molar-refractivity contribution in [3.05, 3.63) is 53.6 Å². The van der Waals surface area contributed by atoms with Crippen LogP contribution in [-0.2, 0) is 23.6 Å². The van der Waals surface area contributed by atoms with Crippen LogP contribution in [-0.4, -0.2) is 77.4 Å². The molecule has 2 N–H and O–H groups in total. The van der Waals surface area contributed by atoms with Crippen LogP contribution in [0.2, 0.25) is 0 Å². The number of hydrogen-bond acceptors (Lipinski definition) is 8. The Morgan fingerprint density at radius 1 is 0.977 bits per heavy atom. The van der Waals surface area contributed by atoms with Gasteiger partial charge in [-0.25, -0.2) is 4.79 Å². The Morgan fingerprint density at radius 2 is 1.70 bits per heavy atom. The Labute approximate surface area is 248 Å². The SMILES string of the molecule is COC(=O)c1cc(NC(=O)c2cc(NC(=O)CCCOc3cc4c(cc3OC)C(=O)N3CCC[C@H]3C=N4)cn2C)cn1C. The maximum Gasteiger partial charge on any atom is 0.354 e. The number of nitrogens with one attached hydrogen (secondary N) is 2. The van der Waals surface area contributed by atoms with Gasteiger partial charge >= 0.3 is 5.97 Å². The van der Waals surface area contributed by atoms with Crippen molar-refractivity contribution in [1.29, 1.82) is 0 Å². The third-order valence-electron chi connectivity index (χ3n) is 7.44. The number of aromatic nitrogens is 2. The number of aliphatic imine (C=N–C) groups is 1. The molecule has 43 heavy (non-hydrogen) atoms. The largest absolute Gasteiger partial charge is 0.493 e. The van der Waals surface area contributed by atoms with Gasteiger partial charge in [-0.1, -0.05) is 0 Å². The molecular weight excluding hydrogens is 556 g/mol. The molecule has 5 rings (SSSR count). The summed E-state index contributed by atoms with van der Waals surface area (Å²) in [6.45, 7) is 0.948. The summed E-state index contributed by atoms with van der Waals surface area (Å²) >= 11 is 0. The number of benzene rings is 1. The molecule has 2 aliphatic rings. The topological polar surface area (TPSA) is 145 Å². The molecule has 0 bridgehead atoms. The maximum absolute atomic E-state index is 13.0. The van der Waals surface area contributed by atoms with Gasteiger partial charge < -0.3 is 38.9 Å². The third kappa shape index (κ3) is 6.25. The number of aryl methyl sites for hydroxylation is 2. The number of carbonyl (C=O) groups excluding carboxylic acids is 4. The number of carbonyl (C=O) groups is 4. The number of amides is 3. The fraction of sp³-hybridized carbons (Fsp3) is 0.367. The number of rotatable bonds is 10. The van der Waals surface area contributed by atoms with Crippen molar-refractivity contribution < 1.29 is 33.4 Å². The van der Waals surface area contributed by atoms with Gasteiger partial charge in [-0.15, -0.1) is 0 Å². The van der Waals surface area contributed by atoms with Crippen LogP contribution in [0.4, 0.5) is 17.1 Å². The lowest BCUT2D eigenvalue weighted by atomic mass is 10.1. The van der Waals surface area contributed by atoms with Gasteiger partial charge in [0.2, 0.25) is 5.91 Å². The molecule has 0 spiro atoms. The minimum Gasteiger partial charge on any atom is -0.493 e. The van der Waals surface area contributed by atoms with Crippen LogP contribution in [0.5, 0.6) is 11.5 Å². The zero-order chi connectivity index (χ0) is 30.7. The van der Waals surface area contributed by atoms with E-state index in [1.165, 1.54) is 20.3 Å². The molecule has 1 aromatic carbocycles. The predicted molar refractivity (Wildman–Crippen MR) is 159 cm³/mol. The molecule has 4 heterocycles. The first kappa shape index (κ1) is 29.4. The van der Waals surface area contributed by atoms with E-state index in [4.69, 9.17) is 14.2 Å². The van der Waals surface area contributed by atoms with Gasteiger partial charge in [-0.05, 0) is 37.5 Å². The van der Waals surface area contributed by atoms with E-state index in [1.807, 2.05) is 11.1 Å². The van der Waals surface area contributed by atoms with Crippen LogP contribution < -0.4 is 20.1 Å². The fourth-order valence-electron chi connectivity index (χ4n) is 5.25. The van der Waals surface area contributed by atoms with E-state index in [2.05, 4.69) is 15.6 Å². The first-order valence-electron chi connectivity index (χ1n) is 13.9. The molecule has 0 aliphatic carbocycles. The molecule has 226 valence electrons. The lowest BCUT2D eigenvalue weighted by molar-refractivity contribution is -0.116. The average molecular weight is 591 g/mol. The Hall–Kier alpha value is -5.07. The van der Waals surface area contributed by atoms with Gasteiger partial charge in [0, 0.05) is 51.7 Å². The number of fused-ring (bicyclic) bond motifs is 2. The number of anilines is 2. The molecule has 0 radical (unpaired) electrons. The molecule has 0 unspecified atom stereocenters. The average Bonchev–Trinajstić information content (AvgIpc) is 3.69. The van der Waals surface area contributed by atoms with Crippen molar-refractivity contribution in [1.82, 2.24) is 14.0 Å². The van der Waals surface area contributed by atoms with E-state index in [0.29, 0.717) is 58.5 Å². The first-order valence-corrected chi connectivity index (χ1v) is 13.9. The summed E-state index contributed by atoms with van der Waals surface area (Å²) in [5.41, 5.74) is 2.54. The molecule has 1 atom stereocenters. The van der Waals surface area contributed by atoms with Gasteiger partial charge in [0.05, 0.1) is 49.5 Å². The predicted octanol–water partition coefficient (Wildman–Crippen LogP) is 3.53. The minimum absolute atomic E-state index is 0.00829. The second kappa shape index (κ2) is 12.4. The van der Waals surface area contributed by atoms with E-state index in [0.717, 1.165) is 12.8 Å². The zero-order valence-electron chi connectivity index (χ0n) is 24.5. The molecule has 2 aromatic heterocycles. The van der Waals surface area contributed by atoms with E-state index in [1.54, 1.807) is 53.8 Å². The number of hydrogen-bond donors (Lipinski definition) is 2. The van der Waals surface area contributed by atoms with E-state index >= 15 is 0 Å². The van der Waals surface area contributed by atoms with Crippen molar-refractivity contribution >= 4 is 47.0 Å². The summed E-state index contributed by atoms with van der Waals surface area (Å²) in [6, 6.07) is 6.47. The Bertz CT molecular complexity index is 1600. The lowest BCUT2D eigenvalue weighted by Gasteiger charge is -2.20. The van der Waals surface area contributed by atoms with Crippen molar-refractivity contribution in [3.63, 3.8) is 0 Å². The van der Waals surface area contributed by atoms with Crippen LogP contribution >= 0.6 is 0 Å². The highest BCUT2D eigenvalue weighted by Crippen LogP contribution is 2.38. The van der Waals surface area contributed by atoms with Crippen LogP contribution in [0.15, 0.2) is 41.7 Å². The normalized spacial score (nSPS) is 15.4. The molecule has 1 saturated heterocycles. The van der Waals surface area contributed by atoms with Crippen molar-refractivity contribution in [2.24, 2.45) is 19.1 Å². The van der Waals surface area contributed by atoms with Crippen molar-refractivity contribution in [2.45, 2.75) is 31.7 Å². The van der Waals surface area contributed by atoms with E-state index < -0.39 is 11.9 Å². The van der Waals surface area contributed by atoms with Gasteiger partial charge in [0.1, 0.15) is 11.4 Å². The summed E-state index contributed by atoms with van der Waals surface area (Å²) in [6.07, 6.45) is 7.52. The van der Waals surface area contributed by atoms with Crippen molar-refractivity contribution in [3.8, 4) is 11.5 Å². The standard InChI is InChI=1S/C30H34N6O7/c1-34-16-18(11-23(34)28(38)33-19-12-24(30(40)42-4)35(2)17-19)32-27(37)8-6-10-43-26-14-22-21(13-25(26)41-3)29(39)36-9-5-7-20(36)15-31-22/h11-17,20H,5-10H2,1-4H3,(H,32,37)(H,33,38)/t20-/m0/s1. The summed E-state index contributed by atoms with van der Waals surface area (Å²) in [4.78, 5) is 56.7. The second-order valence-corrected chi connectivity index (χ2v) is 10.4. The summed E-state index contributed by atoms with van der Waals surface area (Å²) in [5.74, 6) is -0.344. The molecule has 2 aliphatic heterocycles. The number of nitrogens with zero attached hydrogens (tertiary/aromatic N) is 4. The molecule has 13 heteroatoms. The van der Waals surface area contributed by atoms with Crippen LogP contribution in [0.3, 0.4) is 0 Å². The number of esters is 1. The highest BCUT2D eigenvalue weighted by molar-refractivity contribution is 6.05. The molecule has 13 nitrogen and oxygen atoms in total. The Balaban J connectivity index is 1.14. The molecular formula is C30H34N6O7. The smallest absolute Gasteiger partial charge is 0.354 e. The zero-order valence-corrected chi connectivity index (χ0v) is 24.5. The quantitative estimate of drug-likeness (QED) is 0.271. The fourth-order valence-corrected chi connectivity index (χ4v) is 5.25. The number of ether oxygens (including phenoxy) is 3. The van der Waals surface area contributed by atoms with Gasteiger partial charge in [-0.2, -0.15) is 0 Å². The number of methoxy groups -OCH3 is 2. The molecule has 3 aromatic rings. The summed E-state index contributed by atoms with van der Waals surface area (Å²) < 4.78 is 19.3. The maximum atomic E-state index is 13.0.